The summed E-state index contributed by atoms with van der Waals surface area (Å²) >= 11 is 6.02. The second-order valence-electron chi connectivity index (χ2n) is 9.54. The molecule has 2 aliphatic rings. The van der Waals surface area contributed by atoms with Gasteiger partial charge < -0.3 is 10.2 Å². The van der Waals surface area contributed by atoms with Gasteiger partial charge in [-0.05, 0) is 55.5 Å². The fourth-order valence-electron chi connectivity index (χ4n) is 5.04. The van der Waals surface area contributed by atoms with E-state index in [1.807, 2.05) is 19.1 Å². The van der Waals surface area contributed by atoms with Gasteiger partial charge in [-0.1, -0.05) is 55.6 Å². The van der Waals surface area contributed by atoms with E-state index in [2.05, 4.69) is 5.32 Å². The van der Waals surface area contributed by atoms with Crippen molar-refractivity contribution >= 4 is 39.3 Å². The highest BCUT2D eigenvalue weighted by molar-refractivity contribution is 7.90. The molecule has 4 rings (SSSR count). The molecule has 0 saturated heterocycles. The highest BCUT2D eigenvalue weighted by Crippen LogP contribution is 2.30. The summed E-state index contributed by atoms with van der Waals surface area (Å²) in [6.45, 7) is 1.98. The second kappa shape index (κ2) is 11.6. The van der Waals surface area contributed by atoms with Crippen LogP contribution in [0.3, 0.4) is 0 Å². The number of carbonyl (C=O) groups is 3. The molecule has 1 N–H and O–H groups in total. The quantitative estimate of drug-likeness (QED) is 0.483. The lowest BCUT2D eigenvalue weighted by Crippen LogP contribution is -2.51. The van der Waals surface area contributed by atoms with Gasteiger partial charge in [0.1, 0.15) is 10.9 Å². The minimum atomic E-state index is -3.93. The number of amides is 3. The summed E-state index contributed by atoms with van der Waals surface area (Å²) in [5.74, 6) is -1.03. The number of hydrogen-bond donors (Lipinski definition) is 1. The fourth-order valence-corrected chi connectivity index (χ4v) is 6.78. The van der Waals surface area contributed by atoms with Crippen LogP contribution >= 0.6 is 11.6 Å². The first-order valence-electron chi connectivity index (χ1n) is 12.7. The molecule has 3 amide bonds. The topological polar surface area (TPSA) is 104 Å². The van der Waals surface area contributed by atoms with Gasteiger partial charge in [-0.25, -0.2) is 12.7 Å². The van der Waals surface area contributed by atoms with E-state index >= 15 is 0 Å². The predicted octanol–water partition coefficient (Wildman–Crippen LogP) is 4.13. The molecule has 2 aromatic carbocycles. The molecule has 0 unspecified atom stereocenters. The maximum Gasteiger partial charge on any atom is 0.269 e. The van der Waals surface area contributed by atoms with E-state index < -0.39 is 22.0 Å². The largest absolute Gasteiger partial charge is 0.352 e. The minimum Gasteiger partial charge on any atom is -0.352 e. The number of rotatable bonds is 10. The minimum absolute atomic E-state index is 0.00353. The lowest BCUT2D eigenvalue weighted by Gasteiger charge is -2.31. The van der Waals surface area contributed by atoms with Gasteiger partial charge in [0.05, 0.1) is 5.56 Å². The van der Waals surface area contributed by atoms with E-state index in [1.165, 1.54) is 12.1 Å². The first-order valence-corrected chi connectivity index (χ1v) is 14.5. The van der Waals surface area contributed by atoms with Crippen LogP contribution in [0, 0.1) is 0 Å². The number of halogens is 1. The average Bonchev–Trinajstić information content (AvgIpc) is 3.46. The Balaban J connectivity index is 1.46. The molecular formula is C27H32ClN3O5S. The summed E-state index contributed by atoms with van der Waals surface area (Å²) in [6.07, 6.45) is 4.62. The SMILES string of the molecule is CC[C@H](C(=O)NC1CCCC1)N(Cc1ccc(Cl)cc1)C(=O)CCCN1C(=O)c2ccccc2S1(=O)=O. The molecule has 0 radical (unpaired) electrons. The van der Waals surface area contributed by atoms with E-state index in [0.29, 0.717) is 11.4 Å². The number of nitrogens with one attached hydrogen (secondary N) is 1. The summed E-state index contributed by atoms with van der Waals surface area (Å²) in [7, 11) is -3.93. The zero-order valence-corrected chi connectivity index (χ0v) is 22.4. The number of hydrogen-bond acceptors (Lipinski definition) is 5. The van der Waals surface area contributed by atoms with E-state index in [4.69, 9.17) is 11.6 Å². The van der Waals surface area contributed by atoms with Gasteiger partial charge in [0, 0.05) is 30.6 Å². The van der Waals surface area contributed by atoms with Crippen molar-refractivity contribution < 1.29 is 22.8 Å². The Morgan fingerprint density at radius 3 is 2.43 bits per heavy atom. The van der Waals surface area contributed by atoms with Gasteiger partial charge in [0.15, 0.2) is 0 Å². The van der Waals surface area contributed by atoms with E-state index in [-0.39, 0.29) is 54.2 Å². The van der Waals surface area contributed by atoms with E-state index in [0.717, 1.165) is 35.6 Å². The molecule has 198 valence electrons. The van der Waals surface area contributed by atoms with Crippen LogP contribution < -0.4 is 5.32 Å². The third-order valence-electron chi connectivity index (χ3n) is 7.02. The molecule has 1 aliphatic carbocycles. The third kappa shape index (κ3) is 5.99. The molecule has 0 aromatic heterocycles. The number of fused-ring (bicyclic) bond motifs is 1. The van der Waals surface area contributed by atoms with Crippen molar-refractivity contribution in [2.24, 2.45) is 0 Å². The van der Waals surface area contributed by atoms with Crippen molar-refractivity contribution in [1.29, 1.82) is 0 Å². The van der Waals surface area contributed by atoms with Gasteiger partial charge in [-0.3, -0.25) is 14.4 Å². The Bertz CT molecular complexity index is 1260. The maximum atomic E-state index is 13.5. The van der Waals surface area contributed by atoms with Gasteiger partial charge in [-0.2, -0.15) is 0 Å². The van der Waals surface area contributed by atoms with Crippen LogP contribution in [0.2, 0.25) is 5.02 Å². The Labute approximate surface area is 223 Å². The molecule has 37 heavy (non-hydrogen) atoms. The van der Waals surface area contributed by atoms with Crippen molar-refractivity contribution in [1.82, 2.24) is 14.5 Å². The summed E-state index contributed by atoms with van der Waals surface area (Å²) in [5, 5.41) is 3.68. The summed E-state index contributed by atoms with van der Waals surface area (Å²) in [4.78, 5) is 40.9. The highest BCUT2D eigenvalue weighted by Gasteiger charge is 2.40. The fraction of sp³-hybridized carbons (Fsp3) is 0.444. The molecule has 1 atom stereocenters. The van der Waals surface area contributed by atoms with Crippen LogP contribution in [-0.4, -0.2) is 54.0 Å². The second-order valence-corrected chi connectivity index (χ2v) is 11.8. The van der Waals surface area contributed by atoms with Crippen LogP contribution in [0.1, 0.15) is 67.8 Å². The zero-order valence-electron chi connectivity index (χ0n) is 20.9. The molecule has 10 heteroatoms. The van der Waals surface area contributed by atoms with Crippen molar-refractivity contribution in [2.45, 2.75) is 75.4 Å². The average molecular weight is 546 g/mol. The normalized spacial score (nSPS) is 17.5. The summed E-state index contributed by atoms with van der Waals surface area (Å²) < 4.78 is 26.5. The molecule has 0 spiro atoms. The Hall–Kier alpha value is -2.91. The first kappa shape index (κ1) is 27.1. The first-order chi connectivity index (χ1) is 17.7. The monoisotopic (exact) mass is 545 g/mol. The predicted molar refractivity (Wildman–Crippen MR) is 140 cm³/mol. The molecule has 2 aromatic rings. The van der Waals surface area contributed by atoms with Crippen molar-refractivity contribution in [3.8, 4) is 0 Å². The number of benzene rings is 2. The molecule has 1 saturated carbocycles. The Kier molecular flexibility index (Phi) is 8.54. The van der Waals surface area contributed by atoms with Crippen molar-refractivity contribution in [3.05, 3.63) is 64.7 Å². The standard InChI is InChI=1S/C27H32ClN3O5S/c1-2-23(26(33)29-21-8-3-4-9-21)30(18-19-13-15-20(28)16-14-19)25(32)12-7-17-31-27(34)22-10-5-6-11-24(22)37(31,35)36/h5-6,10-11,13-16,21,23H,2-4,7-9,12,17-18H2,1H3,(H,29,33)/t23-/m1/s1. The van der Waals surface area contributed by atoms with Crippen LogP contribution in [0.25, 0.3) is 0 Å². The molecule has 1 heterocycles. The molecule has 0 bridgehead atoms. The van der Waals surface area contributed by atoms with Crippen LogP contribution in [0.15, 0.2) is 53.4 Å². The molecule has 8 nitrogen and oxygen atoms in total. The summed E-state index contributed by atoms with van der Waals surface area (Å²) in [5.41, 5.74) is 0.977. The van der Waals surface area contributed by atoms with E-state index in [9.17, 15) is 22.8 Å². The lowest BCUT2D eigenvalue weighted by molar-refractivity contribution is -0.141. The van der Waals surface area contributed by atoms with Crippen molar-refractivity contribution in [3.63, 3.8) is 0 Å². The Morgan fingerprint density at radius 2 is 1.78 bits per heavy atom. The third-order valence-corrected chi connectivity index (χ3v) is 9.11. The van der Waals surface area contributed by atoms with Gasteiger partial charge >= 0.3 is 0 Å². The molecule has 1 fully saturated rings. The number of nitrogens with zero attached hydrogens (tertiary/aromatic N) is 2. The Morgan fingerprint density at radius 1 is 1.11 bits per heavy atom. The zero-order chi connectivity index (χ0) is 26.6. The van der Waals surface area contributed by atoms with Gasteiger partial charge in [-0.15, -0.1) is 0 Å². The van der Waals surface area contributed by atoms with Gasteiger partial charge in [0.2, 0.25) is 11.8 Å². The lowest BCUT2D eigenvalue weighted by atomic mass is 10.1. The molecular weight excluding hydrogens is 514 g/mol. The number of carbonyl (C=O) groups excluding carboxylic acids is 3. The van der Waals surface area contributed by atoms with Gasteiger partial charge in [0.25, 0.3) is 15.9 Å². The van der Waals surface area contributed by atoms with E-state index in [1.54, 1.807) is 29.2 Å². The van der Waals surface area contributed by atoms with Crippen molar-refractivity contribution in [2.75, 3.05) is 6.54 Å². The maximum absolute atomic E-state index is 13.5. The molecule has 1 aliphatic heterocycles. The van der Waals surface area contributed by atoms with Crippen LogP contribution in [0.5, 0.6) is 0 Å². The van der Waals surface area contributed by atoms with Crippen LogP contribution in [-0.2, 0) is 26.2 Å². The number of sulfonamides is 1. The highest BCUT2D eigenvalue weighted by atomic mass is 35.5. The smallest absolute Gasteiger partial charge is 0.269 e. The van der Waals surface area contributed by atoms with Crippen LogP contribution in [0.4, 0.5) is 0 Å². The summed E-state index contributed by atoms with van der Waals surface area (Å²) in [6, 6.07) is 12.7.